The van der Waals surface area contributed by atoms with Gasteiger partial charge < -0.3 is 9.64 Å². The first-order chi connectivity index (χ1) is 13.6. The molecule has 0 bridgehead atoms. The van der Waals surface area contributed by atoms with E-state index in [1.54, 1.807) is 0 Å². The number of carbonyl (C=O) groups excluding carboxylic acids is 1. The molecule has 0 spiro atoms. The minimum Gasteiger partial charge on any atom is -0.484 e. The number of hydrogen-bond acceptors (Lipinski definition) is 2. The molecule has 3 aromatic rings. The zero-order valence-electron chi connectivity index (χ0n) is 16.4. The van der Waals surface area contributed by atoms with Crippen LogP contribution in [0.2, 0.25) is 0 Å². The van der Waals surface area contributed by atoms with E-state index >= 15 is 0 Å². The fourth-order valence-electron chi connectivity index (χ4n) is 3.71. The summed E-state index contributed by atoms with van der Waals surface area (Å²) in [5.74, 6) is 0.739. The lowest BCUT2D eigenvalue weighted by molar-refractivity contribution is -0.758. The van der Waals surface area contributed by atoms with E-state index in [0.717, 1.165) is 12.2 Å². The summed E-state index contributed by atoms with van der Waals surface area (Å²) in [6.07, 6.45) is 0.825. The van der Waals surface area contributed by atoms with Crippen molar-refractivity contribution in [1.82, 2.24) is 10.00 Å². The summed E-state index contributed by atoms with van der Waals surface area (Å²) in [5, 5.41) is 3.56. The molecule has 0 atom stereocenters. The van der Waals surface area contributed by atoms with Crippen molar-refractivity contribution in [3.63, 3.8) is 0 Å². The van der Waals surface area contributed by atoms with Crippen LogP contribution in [0.4, 0.5) is 0 Å². The van der Waals surface area contributed by atoms with Crippen LogP contribution < -0.4 is 9.42 Å². The number of benzene rings is 2. The topological polar surface area (TPSA) is 49.2 Å². The van der Waals surface area contributed by atoms with E-state index in [-0.39, 0.29) is 12.5 Å². The maximum Gasteiger partial charge on any atom is 0.260 e. The van der Waals surface area contributed by atoms with E-state index in [0.29, 0.717) is 19.1 Å². The fraction of sp³-hybridized carbons (Fsp3) is 0.304. The summed E-state index contributed by atoms with van der Waals surface area (Å²) in [5.41, 5.74) is 4.77. The Bertz CT molecular complexity index is 949. The first-order valence-corrected chi connectivity index (χ1v) is 9.80. The van der Waals surface area contributed by atoms with Gasteiger partial charge in [-0.15, -0.1) is 4.68 Å². The van der Waals surface area contributed by atoms with Gasteiger partial charge in [-0.1, -0.05) is 36.4 Å². The number of ether oxygens (including phenoxy) is 1. The predicted molar refractivity (Wildman–Crippen MR) is 108 cm³/mol. The van der Waals surface area contributed by atoms with Gasteiger partial charge in [-0.2, -0.15) is 5.10 Å². The molecule has 0 saturated heterocycles. The fourth-order valence-corrected chi connectivity index (χ4v) is 3.71. The number of para-hydroxylation sites is 1. The zero-order valence-corrected chi connectivity index (χ0v) is 16.4. The number of H-pyrrole nitrogens is 1. The molecule has 0 aliphatic carbocycles. The van der Waals surface area contributed by atoms with Crippen molar-refractivity contribution in [2.45, 2.75) is 32.9 Å². The number of nitrogens with one attached hydrogen (secondary N) is 1. The van der Waals surface area contributed by atoms with Gasteiger partial charge >= 0.3 is 0 Å². The molecule has 1 aliphatic heterocycles. The maximum atomic E-state index is 12.8. The van der Waals surface area contributed by atoms with Crippen LogP contribution in [0.3, 0.4) is 0 Å². The third-order valence-corrected chi connectivity index (χ3v) is 5.15. The van der Waals surface area contributed by atoms with Crippen LogP contribution in [0.15, 0.2) is 60.7 Å². The molecule has 0 radical (unpaired) electrons. The molecule has 1 N–H and O–H groups in total. The molecule has 28 heavy (non-hydrogen) atoms. The van der Waals surface area contributed by atoms with Crippen LogP contribution in [-0.4, -0.2) is 29.1 Å². The molecule has 2 heterocycles. The summed E-state index contributed by atoms with van der Waals surface area (Å²) >= 11 is 0. The minimum atomic E-state index is 0.0193. The average Bonchev–Trinajstić information content (AvgIpc) is 3.12. The Hall–Kier alpha value is -3.08. The van der Waals surface area contributed by atoms with E-state index < -0.39 is 0 Å². The molecule has 1 aliphatic rings. The predicted octanol–water partition coefficient (Wildman–Crippen LogP) is 3.51. The molecule has 1 aromatic heterocycles. The van der Waals surface area contributed by atoms with Crippen LogP contribution in [-0.2, 0) is 17.8 Å². The SMILES string of the molecule is CC(C)[n+]1[nH]c2c(c1-c1ccccc1)CN(C(=O)COc1ccccc1)CC2. The zero-order chi connectivity index (χ0) is 19.5. The summed E-state index contributed by atoms with van der Waals surface area (Å²) in [4.78, 5) is 14.7. The van der Waals surface area contributed by atoms with Crippen LogP contribution >= 0.6 is 0 Å². The maximum absolute atomic E-state index is 12.8. The van der Waals surface area contributed by atoms with Gasteiger partial charge in [-0.3, -0.25) is 4.79 Å². The highest BCUT2D eigenvalue weighted by Crippen LogP contribution is 2.28. The van der Waals surface area contributed by atoms with Crippen molar-refractivity contribution in [3.05, 3.63) is 71.9 Å². The van der Waals surface area contributed by atoms with Gasteiger partial charge in [-0.05, 0) is 38.1 Å². The van der Waals surface area contributed by atoms with Gasteiger partial charge in [0.1, 0.15) is 5.75 Å². The summed E-state index contributed by atoms with van der Waals surface area (Å²) in [7, 11) is 0. The highest BCUT2D eigenvalue weighted by molar-refractivity contribution is 5.78. The Morgan fingerprint density at radius 2 is 1.79 bits per heavy atom. The highest BCUT2D eigenvalue weighted by Gasteiger charge is 2.33. The molecular formula is C23H26N3O2+. The number of rotatable bonds is 5. The highest BCUT2D eigenvalue weighted by atomic mass is 16.5. The van der Waals surface area contributed by atoms with Gasteiger partial charge in [0.25, 0.3) is 5.91 Å². The van der Waals surface area contributed by atoms with E-state index in [4.69, 9.17) is 4.74 Å². The number of carbonyl (C=O) groups is 1. The van der Waals surface area contributed by atoms with Crippen molar-refractivity contribution in [2.24, 2.45) is 0 Å². The first-order valence-electron chi connectivity index (χ1n) is 9.80. The number of amides is 1. The molecule has 5 heteroatoms. The second-order valence-corrected chi connectivity index (χ2v) is 7.41. The monoisotopic (exact) mass is 376 g/mol. The lowest BCUT2D eigenvalue weighted by atomic mass is 10.0. The van der Waals surface area contributed by atoms with Gasteiger partial charge in [0, 0.05) is 18.5 Å². The Labute approximate surface area is 165 Å². The van der Waals surface area contributed by atoms with Crippen LogP contribution in [0, 0.1) is 0 Å². The molecule has 5 nitrogen and oxygen atoms in total. The minimum absolute atomic E-state index is 0.0193. The molecule has 0 fully saturated rings. The van der Waals surface area contributed by atoms with Crippen LogP contribution in [0.5, 0.6) is 5.75 Å². The Morgan fingerprint density at radius 1 is 1.11 bits per heavy atom. The third kappa shape index (κ3) is 3.65. The van der Waals surface area contributed by atoms with E-state index in [1.165, 1.54) is 22.5 Å². The number of fused-ring (bicyclic) bond motifs is 1. The van der Waals surface area contributed by atoms with Gasteiger partial charge in [0.05, 0.1) is 17.8 Å². The second kappa shape index (κ2) is 7.89. The van der Waals surface area contributed by atoms with Crippen molar-refractivity contribution in [2.75, 3.05) is 13.2 Å². The van der Waals surface area contributed by atoms with Crippen molar-refractivity contribution in [1.29, 1.82) is 0 Å². The normalized spacial score (nSPS) is 13.5. The number of aromatic amines is 1. The lowest BCUT2D eigenvalue weighted by Gasteiger charge is -2.26. The molecule has 2 aromatic carbocycles. The quantitative estimate of drug-likeness (QED) is 0.693. The molecule has 0 unspecified atom stereocenters. The van der Waals surface area contributed by atoms with E-state index in [2.05, 4.69) is 47.9 Å². The largest absolute Gasteiger partial charge is 0.484 e. The van der Waals surface area contributed by atoms with Gasteiger partial charge in [0.15, 0.2) is 12.6 Å². The summed E-state index contributed by atoms with van der Waals surface area (Å²) in [6.45, 7) is 5.72. The Morgan fingerprint density at radius 3 is 2.46 bits per heavy atom. The average molecular weight is 376 g/mol. The number of nitrogens with zero attached hydrogens (tertiary/aromatic N) is 2. The molecule has 144 valence electrons. The molecule has 0 saturated carbocycles. The van der Waals surface area contributed by atoms with Crippen molar-refractivity contribution in [3.8, 4) is 17.0 Å². The van der Waals surface area contributed by atoms with Crippen molar-refractivity contribution < 1.29 is 14.2 Å². The van der Waals surface area contributed by atoms with Gasteiger partial charge in [0.2, 0.25) is 5.69 Å². The third-order valence-electron chi connectivity index (χ3n) is 5.15. The van der Waals surface area contributed by atoms with E-state index in [9.17, 15) is 4.79 Å². The molecule has 1 amide bonds. The van der Waals surface area contributed by atoms with Gasteiger partial charge in [-0.25, -0.2) is 0 Å². The van der Waals surface area contributed by atoms with Crippen molar-refractivity contribution >= 4 is 5.91 Å². The van der Waals surface area contributed by atoms with Crippen LogP contribution in [0.25, 0.3) is 11.3 Å². The smallest absolute Gasteiger partial charge is 0.260 e. The van der Waals surface area contributed by atoms with E-state index in [1.807, 2.05) is 41.3 Å². The summed E-state index contributed by atoms with van der Waals surface area (Å²) < 4.78 is 7.88. The number of aromatic nitrogens is 2. The first kappa shape index (κ1) is 18.3. The Balaban J connectivity index is 1.56. The molecule has 4 rings (SSSR count). The lowest BCUT2D eigenvalue weighted by Crippen LogP contribution is -2.40. The number of hydrogen-bond donors (Lipinski definition) is 1. The summed E-state index contributed by atoms with van der Waals surface area (Å²) in [6, 6.07) is 20.2. The second-order valence-electron chi connectivity index (χ2n) is 7.41. The standard InChI is InChI=1S/C23H25N3O2/c1-17(2)26-23(18-9-5-3-6-10-18)20-15-25(14-13-21(20)24-26)22(27)16-28-19-11-7-4-8-12-19/h3-12,17H,13-16H2,1-2H3/p+1. The van der Waals surface area contributed by atoms with Crippen LogP contribution in [0.1, 0.15) is 31.1 Å². The Kier molecular flexibility index (Phi) is 5.15. The molecular weight excluding hydrogens is 350 g/mol.